The van der Waals surface area contributed by atoms with Crippen LogP contribution < -0.4 is 5.32 Å². The molecule has 5 heteroatoms. The molecule has 0 aromatic heterocycles. The molecule has 0 radical (unpaired) electrons. The minimum Gasteiger partial charge on any atom is -0.507 e. The first-order chi connectivity index (χ1) is 11.8. The van der Waals surface area contributed by atoms with E-state index in [1.54, 1.807) is 0 Å². The van der Waals surface area contributed by atoms with Crippen molar-refractivity contribution in [3.8, 4) is 5.75 Å². The van der Waals surface area contributed by atoms with Gasteiger partial charge >= 0.3 is 0 Å². The average Bonchev–Trinajstić information content (AvgIpc) is 2.88. The van der Waals surface area contributed by atoms with E-state index in [2.05, 4.69) is 10.3 Å². The number of phenolic OH excluding ortho intramolecular Hbond substituents is 1. The molecule has 4 nitrogen and oxygen atoms in total. The van der Waals surface area contributed by atoms with Crippen LogP contribution in [0.2, 0.25) is 0 Å². The summed E-state index contributed by atoms with van der Waals surface area (Å²) in [6, 6.07) is 9.74. The molecule has 0 bridgehead atoms. The van der Waals surface area contributed by atoms with E-state index in [1.807, 2.05) is 64.1 Å². The number of nitrogens with zero attached hydrogens (tertiary/aromatic N) is 1. The highest BCUT2D eigenvalue weighted by atomic mass is 32.2. The Bertz CT molecular complexity index is 886. The highest BCUT2D eigenvalue weighted by Crippen LogP contribution is 2.31. The lowest BCUT2D eigenvalue weighted by atomic mass is 10.1. The van der Waals surface area contributed by atoms with Crippen molar-refractivity contribution in [3.63, 3.8) is 0 Å². The number of carbonyl (C=O) groups is 1. The minimum absolute atomic E-state index is 0.154. The Labute approximate surface area is 151 Å². The third kappa shape index (κ3) is 3.61. The molecule has 0 saturated carbocycles. The van der Waals surface area contributed by atoms with Crippen molar-refractivity contribution in [1.29, 1.82) is 0 Å². The van der Waals surface area contributed by atoms with Gasteiger partial charge in [-0.3, -0.25) is 4.79 Å². The van der Waals surface area contributed by atoms with Crippen LogP contribution in [0.4, 0.5) is 5.69 Å². The largest absolute Gasteiger partial charge is 0.507 e. The van der Waals surface area contributed by atoms with Crippen LogP contribution in [0, 0.1) is 27.7 Å². The zero-order valence-electron chi connectivity index (χ0n) is 14.7. The highest BCUT2D eigenvalue weighted by Gasteiger charge is 2.24. The third-order valence-electron chi connectivity index (χ3n) is 4.11. The Morgan fingerprint density at radius 3 is 2.24 bits per heavy atom. The first-order valence-electron chi connectivity index (χ1n) is 8.01. The second-order valence-corrected chi connectivity index (χ2v) is 7.26. The lowest BCUT2D eigenvalue weighted by Gasteiger charge is -2.05. The van der Waals surface area contributed by atoms with Gasteiger partial charge in [-0.05, 0) is 85.5 Å². The van der Waals surface area contributed by atoms with Crippen molar-refractivity contribution >= 4 is 34.6 Å². The van der Waals surface area contributed by atoms with Crippen LogP contribution in [0.25, 0.3) is 6.08 Å². The molecule has 1 saturated heterocycles. The van der Waals surface area contributed by atoms with Crippen molar-refractivity contribution < 1.29 is 9.90 Å². The Kier molecular flexibility index (Phi) is 4.68. The molecule has 25 heavy (non-hydrogen) atoms. The zero-order valence-corrected chi connectivity index (χ0v) is 15.5. The lowest BCUT2D eigenvalue weighted by Crippen LogP contribution is -2.19. The number of aryl methyl sites for hydroxylation is 4. The van der Waals surface area contributed by atoms with Crippen molar-refractivity contribution in [2.24, 2.45) is 4.99 Å². The van der Waals surface area contributed by atoms with Crippen LogP contribution in [0.5, 0.6) is 5.75 Å². The number of amidine groups is 1. The van der Waals surface area contributed by atoms with Crippen LogP contribution in [-0.4, -0.2) is 16.2 Å². The molecular formula is C20H20N2O2S. The Balaban J connectivity index is 1.92. The molecule has 2 aromatic rings. The van der Waals surface area contributed by atoms with Crippen molar-refractivity contribution in [2.75, 3.05) is 0 Å². The molecule has 0 aliphatic carbocycles. The van der Waals surface area contributed by atoms with Crippen molar-refractivity contribution in [3.05, 3.63) is 63.1 Å². The van der Waals surface area contributed by atoms with Crippen molar-refractivity contribution in [2.45, 2.75) is 27.7 Å². The predicted octanol–water partition coefficient (Wildman–Crippen LogP) is 4.52. The van der Waals surface area contributed by atoms with E-state index in [0.29, 0.717) is 15.8 Å². The van der Waals surface area contributed by atoms with Crippen LogP contribution in [0.3, 0.4) is 0 Å². The van der Waals surface area contributed by atoms with Gasteiger partial charge in [-0.25, -0.2) is 4.99 Å². The van der Waals surface area contributed by atoms with Crippen LogP contribution in [-0.2, 0) is 4.79 Å². The third-order valence-corrected chi connectivity index (χ3v) is 5.02. The molecule has 2 N–H and O–H groups in total. The van der Waals surface area contributed by atoms with Crippen LogP contribution in [0.15, 0.2) is 40.2 Å². The molecule has 1 heterocycles. The molecule has 1 aliphatic rings. The quantitative estimate of drug-likeness (QED) is 0.781. The number of rotatable bonds is 2. The van der Waals surface area contributed by atoms with Gasteiger partial charge in [-0.15, -0.1) is 0 Å². The van der Waals surface area contributed by atoms with E-state index in [1.165, 1.54) is 11.8 Å². The number of hydrogen-bond acceptors (Lipinski definition) is 4. The number of hydrogen-bond donors (Lipinski definition) is 2. The standard InChI is InChI=1S/C20H20N2O2S/c1-11-6-5-7-12(2)17(11)21-20-22-19(24)16(25-20)10-15-8-13(3)18(23)14(4)9-15/h5-10,23H,1-4H3,(H,21,22,24)/b16-10+. The number of aliphatic imine (C=N–C) groups is 1. The maximum absolute atomic E-state index is 12.3. The van der Waals surface area contributed by atoms with Gasteiger partial charge in [0.25, 0.3) is 5.91 Å². The molecule has 1 amide bonds. The first-order valence-corrected chi connectivity index (χ1v) is 8.83. The minimum atomic E-state index is -0.154. The lowest BCUT2D eigenvalue weighted by molar-refractivity contribution is -0.115. The van der Waals surface area contributed by atoms with Gasteiger partial charge in [0.1, 0.15) is 5.75 Å². The van der Waals surface area contributed by atoms with E-state index in [-0.39, 0.29) is 5.91 Å². The fraction of sp³-hybridized carbons (Fsp3) is 0.200. The number of phenols is 1. The second kappa shape index (κ2) is 6.76. The SMILES string of the molecule is Cc1cc(/C=C2/SC(=Nc3c(C)cccc3C)NC2=O)cc(C)c1O. The molecule has 3 rings (SSSR count). The van der Waals surface area contributed by atoms with Crippen LogP contribution in [0.1, 0.15) is 27.8 Å². The van der Waals surface area contributed by atoms with Gasteiger partial charge in [-0.1, -0.05) is 18.2 Å². The van der Waals surface area contributed by atoms with Gasteiger partial charge in [-0.2, -0.15) is 0 Å². The van der Waals surface area contributed by atoms with Gasteiger partial charge in [0.2, 0.25) is 0 Å². The fourth-order valence-electron chi connectivity index (χ4n) is 2.79. The van der Waals surface area contributed by atoms with E-state index < -0.39 is 0 Å². The number of benzene rings is 2. The topological polar surface area (TPSA) is 61.7 Å². The smallest absolute Gasteiger partial charge is 0.264 e. The average molecular weight is 352 g/mol. The second-order valence-electron chi connectivity index (χ2n) is 6.23. The summed E-state index contributed by atoms with van der Waals surface area (Å²) in [5, 5.41) is 13.3. The number of aromatic hydroxyl groups is 1. The summed E-state index contributed by atoms with van der Waals surface area (Å²) in [5.41, 5.74) is 5.51. The first kappa shape index (κ1) is 17.3. The predicted molar refractivity (Wildman–Crippen MR) is 104 cm³/mol. The molecule has 1 aliphatic heterocycles. The molecule has 0 spiro atoms. The zero-order chi connectivity index (χ0) is 18.1. The summed E-state index contributed by atoms with van der Waals surface area (Å²) in [4.78, 5) is 17.5. The maximum atomic E-state index is 12.3. The van der Waals surface area contributed by atoms with Gasteiger partial charge < -0.3 is 10.4 Å². The number of nitrogens with one attached hydrogen (secondary N) is 1. The van der Waals surface area contributed by atoms with Gasteiger partial charge in [0.05, 0.1) is 10.6 Å². The Morgan fingerprint density at radius 1 is 1.04 bits per heavy atom. The highest BCUT2D eigenvalue weighted by molar-refractivity contribution is 8.18. The van der Waals surface area contributed by atoms with Gasteiger partial charge in [0, 0.05) is 0 Å². The summed E-state index contributed by atoms with van der Waals surface area (Å²) in [6.45, 7) is 7.71. The van der Waals surface area contributed by atoms with Crippen molar-refractivity contribution in [1.82, 2.24) is 5.32 Å². The van der Waals surface area contributed by atoms with E-state index >= 15 is 0 Å². The fourth-order valence-corrected chi connectivity index (χ4v) is 3.62. The number of thioether (sulfide) groups is 1. The monoisotopic (exact) mass is 352 g/mol. The molecule has 128 valence electrons. The summed E-state index contributed by atoms with van der Waals surface area (Å²) in [5.74, 6) is 0.140. The molecular weight excluding hydrogens is 332 g/mol. The number of amides is 1. The van der Waals surface area contributed by atoms with E-state index in [4.69, 9.17) is 0 Å². The molecule has 0 atom stereocenters. The summed E-state index contributed by atoms with van der Waals surface area (Å²) in [6.07, 6.45) is 1.83. The summed E-state index contributed by atoms with van der Waals surface area (Å²) >= 11 is 1.33. The Hall–Kier alpha value is -2.53. The van der Waals surface area contributed by atoms with Gasteiger partial charge in [0.15, 0.2) is 5.17 Å². The maximum Gasteiger partial charge on any atom is 0.264 e. The van der Waals surface area contributed by atoms with E-state index in [9.17, 15) is 9.90 Å². The van der Waals surface area contributed by atoms with Crippen LogP contribution >= 0.6 is 11.8 Å². The Morgan fingerprint density at radius 2 is 1.64 bits per heavy atom. The van der Waals surface area contributed by atoms with E-state index in [0.717, 1.165) is 33.5 Å². The summed E-state index contributed by atoms with van der Waals surface area (Å²) in [7, 11) is 0. The normalized spacial score (nSPS) is 17.4. The summed E-state index contributed by atoms with van der Waals surface area (Å²) < 4.78 is 0. The molecule has 1 fully saturated rings. The number of para-hydroxylation sites is 1. The molecule has 0 unspecified atom stereocenters. The number of carbonyl (C=O) groups excluding carboxylic acids is 1. The molecule has 2 aromatic carbocycles.